The van der Waals surface area contributed by atoms with Crippen molar-refractivity contribution in [3.63, 3.8) is 0 Å². The van der Waals surface area contributed by atoms with E-state index in [1.54, 1.807) is 0 Å². The van der Waals surface area contributed by atoms with Gasteiger partial charge in [-0.2, -0.15) is 0 Å². The highest BCUT2D eigenvalue weighted by Crippen LogP contribution is 2.23. The Morgan fingerprint density at radius 2 is 1.96 bits per heavy atom. The molecule has 134 valence electrons. The lowest BCUT2D eigenvalue weighted by atomic mass is 10.1. The van der Waals surface area contributed by atoms with Crippen LogP contribution in [0.4, 0.5) is 0 Å². The Bertz CT molecular complexity index is 850. The molecule has 1 atom stereocenters. The Morgan fingerprint density at radius 1 is 1.12 bits per heavy atom. The Balaban J connectivity index is 1.50. The highest BCUT2D eigenvalue weighted by molar-refractivity contribution is 5.61. The summed E-state index contributed by atoms with van der Waals surface area (Å²) in [6.45, 7) is 3.88. The van der Waals surface area contributed by atoms with Gasteiger partial charge < -0.3 is 9.30 Å². The van der Waals surface area contributed by atoms with E-state index in [0.717, 1.165) is 48.8 Å². The molecule has 1 unspecified atom stereocenters. The number of ether oxygens (including phenoxy) is 1. The molecule has 3 aromatic rings. The predicted molar refractivity (Wildman–Crippen MR) is 102 cm³/mol. The number of hydrogen-bond acceptors (Lipinski definition) is 4. The molecular weight excluding hydrogens is 324 g/mol. The van der Waals surface area contributed by atoms with Crippen molar-refractivity contribution in [3.8, 4) is 22.8 Å². The molecule has 0 saturated carbocycles. The first-order chi connectivity index (χ1) is 12.8. The van der Waals surface area contributed by atoms with E-state index in [-0.39, 0.29) is 0 Å². The van der Waals surface area contributed by atoms with Crippen LogP contribution in [-0.2, 0) is 11.3 Å². The number of nitrogens with zero attached hydrogens (tertiary/aromatic N) is 4. The number of benzene rings is 1. The Hall–Kier alpha value is -2.53. The molecule has 5 nitrogen and oxygen atoms in total. The molecule has 5 heteroatoms. The van der Waals surface area contributed by atoms with Crippen LogP contribution in [0, 0.1) is 6.92 Å². The zero-order chi connectivity index (χ0) is 17.8. The van der Waals surface area contributed by atoms with Crippen LogP contribution in [0.2, 0.25) is 0 Å². The standard InChI is InChI=1S/C21H24N4O/c1-16-6-2-3-8-19(16)20-23-14-17(15-24-20)21-22-10-12-25(21)11-9-18-7-4-5-13-26-18/h2-3,6,8,10,12,14-15,18H,4-5,7,9,11,13H2,1H3. The Morgan fingerprint density at radius 3 is 2.73 bits per heavy atom. The summed E-state index contributed by atoms with van der Waals surface area (Å²) in [7, 11) is 0. The molecular formula is C21H24N4O. The molecule has 4 rings (SSSR count). The van der Waals surface area contributed by atoms with E-state index < -0.39 is 0 Å². The van der Waals surface area contributed by atoms with Crippen LogP contribution < -0.4 is 0 Å². The smallest absolute Gasteiger partial charge is 0.159 e. The van der Waals surface area contributed by atoms with Crippen LogP contribution in [0.1, 0.15) is 31.2 Å². The normalized spacial score (nSPS) is 17.3. The molecule has 0 aliphatic carbocycles. The zero-order valence-corrected chi connectivity index (χ0v) is 15.1. The number of aryl methyl sites for hydroxylation is 2. The molecule has 1 fully saturated rings. The summed E-state index contributed by atoms with van der Waals surface area (Å²) < 4.78 is 8.01. The molecule has 0 N–H and O–H groups in total. The van der Waals surface area contributed by atoms with E-state index >= 15 is 0 Å². The fraction of sp³-hybridized carbons (Fsp3) is 0.381. The molecule has 2 aromatic heterocycles. The Labute approximate surface area is 154 Å². The molecule has 1 aliphatic rings. The number of imidazole rings is 1. The quantitative estimate of drug-likeness (QED) is 0.691. The van der Waals surface area contributed by atoms with Crippen molar-refractivity contribution in [2.24, 2.45) is 0 Å². The minimum Gasteiger partial charge on any atom is -0.378 e. The van der Waals surface area contributed by atoms with Gasteiger partial charge in [-0.05, 0) is 38.2 Å². The van der Waals surface area contributed by atoms with Gasteiger partial charge in [0.25, 0.3) is 0 Å². The monoisotopic (exact) mass is 348 g/mol. The maximum absolute atomic E-state index is 5.84. The summed E-state index contributed by atoms with van der Waals surface area (Å²) >= 11 is 0. The van der Waals surface area contributed by atoms with Crippen molar-refractivity contribution in [1.29, 1.82) is 0 Å². The van der Waals surface area contributed by atoms with Crippen molar-refractivity contribution in [1.82, 2.24) is 19.5 Å². The van der Waals surface area contributed by atoms with Crippen molar-refractivity contribution in [2.45, 2.75) is 45.3 Å². The average Bonchev–Trinajstić information content (AvgIpc) is 3.16. The summed E-state index contributed by atoms with van der Waals surface area (Å²) in [4.78, 5) is 13.6. The fourth-order valence-corrected chi connectivity index (χ4v) is 3.47. The minimum absolute atomic E-state index is 0.374. The van der Waals surface area contributed by atoms with E-state index in [9.17, 15) is 0 Å². The van der Waals surface area contributed by atoms with Crippen LogP contribution >= 0.6 is 0 Å². The van der Waals surface area contributed by atoms with Gasteiger partial charge in [0.05, 0.1) is 11.7 Å². The van der Waals surface area contributed by atoms with Crippen molar-refractivity contribution in [2.75, 3.05) is 6.61 Å². The van der Waals surface area contributed by atoms with Crippen molar-refractivity contribution in [3.05, 3.63) is 54.6 Å². The largest absolute Gasteiger partial charge is 0.378 e. The van der Waals surface area contributed by atoms with E-state index in [2.05, 4.69) is 38.6 Å². The number of aromatic nitrogens is 4. The predicted octanol–water partition coefficient (Wildman–Crippen LogP) is 4.27. The molecule has 3 heterocycles. The first kappa shape index (κ1) is 16.9. The highest BCUT2D eigenvalue weighted by atomic mass is 16.5. The lowest BCUT2D eigenvalue weighted by molar-refractivity contribution is 0.00887. The van der Waals surface area contributed by atoms with Gasteiger partial charge in [-0.1, -0.05) is 24.3 Å². The average molecular weight is 348 g/mol. The maximum Gasteiger partial charge on any atom is 0.159 e. The highest BCUT2D eigenvalue weighted by Gasteiger charge is 2.15. The second kappa shape index (κ2) is 7.79. The molecule has 1 aliphatic heterocycles. The lowest BCUT2D eigenvalue weighted by Crippen LogP contribution is -2.20. The molecule has 0 spiro atoms. The van der Waals surface area contributed by atoms with Gasteiger partial charge >= 0.3 is 0 Å². The molecule has 0 amide bonds. The van der Waals surface area contributed by atoms with Gasteiger partial charge in [0.15, 0.2) is 5.82 Å². The van der Waals surface area contributed by atoms with Gasteiger partial charge in [0.1, 0.15) is 5.82 Å². The van der Waals surface area contributed by atoms with E-state index in [4.69, 9.17) is 4.74 Å². The first-order valence-electron chi connectivity index (χ1n) is 9.32. The number of rotatable bonds is 5. The maximum atomic E-state index is 5.84. The van der Waals surface area contributed by atoms with Gasteiger partial charge in [0.2, 0.25) is 0 Å². The van der Waals surface area contributed by atoms with Crippen LogP contribution in [0.25, 0.3) is 22.8 Å². The minimum atomic E-state index is 0.374. The third-order valence-electron chi connectivity index (χ3n) is 4.98. The van der Waals surface area contributed by atoms with Gasteiger partial charge in [-0.25, -0.2) is 15.0 Å². The Kier molecular flexibility index (Phi) is 5.07. The van der Waals surface area contributed by atoms with E-state index in [1.807, 2.05) is 36.9 Å². The zero-order valence-electron chi connectivity index (χ0n) is 15.1. The van der Waals surface area contributed by atoms with Crippen molar-refractivity contribution < 1.29 is 4.74 Å². The third kappa shape index (κ3) is 3.68. The van der Waals surface area contributed by atoms with Crippen LogP contribution in [0.3, 0.4) is 0 Å². The fourth-order valence-electron chi connectivity index (χ4n) is 3.47. The molecule has 1 saturated heterocycles. The lowest BCUT2D eigenvalue weighted by Gasteiger charge is -2.22. The van der Waals surface area contributed by atoms with Crippen LogP contribution in [-0.4, -0.2) is 32.2 Å². The van der Waals surface area contributed by atoms with Gasteiger partial charge in [0, 0.05) is 43.5 Å². The topological polar surface area (TPSA) is 52.8 Å². The molecule has 0 bridgehead atoms. The van der Waals surface area contributed by atoms with Crippen molar-refractivity contribution >= 4 is 0 Å². The summed E-state index contributed by atoms with van der Waals surface area (Å²) in [5.41, 5.74) is 3.18. The van der Waals surface area contributed by atoms with Crippen LogP contribution in [0.5, 0.6) is 0 Å². The van der Waals surface area contributed by atoms with E-state index in [1.165, 1.54) is 18.4 Å². The van der Waals surface area contributed by atoms with Gasteiger partial charge in [-0.3, -0.25) is 0 Å². The first-order valence-corrected chi connectivity index (χ1v) is 9.32. The van der Waals surface area contributed by atoms with Crippen LogP contribution in [0.15, 0.2) is 49.1 Å². The number of hydrogen-bond donors (Lipinski definition) is 0. The second-order valence-corrected chi connectivity index (χ2v) is 6.83. The SMILES string of the molecule is Cc1ccccc1-c1ncc(-c2nccn2CCC2CCCCO2)cn1. The molecule has 26 heavy (non-hydrogen) atoms. The van der Waals surface area contributed by atoms with Gasteiger partial charge in [-0.15, -0.1) is 0 Å². The summed E-state index contributed by atoms with van der Waals surface area (Å²) in [5, 5.41) is 0. The summed E-state index contributed by atoms with van der Waals surface area (Å²) in [6, 6.07) is 8.17. The molecule has 1 aromatic carbocycles. The summed E-state index contributed by atoms with van der Waals surface area (Å²) in [6.07, 6.45) is 12.6. The summed E-state index contributed by atoms with van der Waals surface area (Å²) in [5.74, 6) is 1.66. The second-order valence-electron chi connectivity index (χ2n) is 6.83. The van der Waals surface area contributed by atoms with E-state index in [0.29, 0.717) is 6.10 Å². The molecule has 0 radical (unpaired) electrons. The third-order valence-corrected chi connectivity index (χ3v) is 4.98.